The van der Waals surface area contributed by atoms with Gasteiger partial charge >= 0.3 is 12.1 Å². The maximum absolute atomic E-state index is 13.1. The van der Waals surface area contributed by atoms with Gasteiger partial charge in [-0.1, -0.05) is 58.6 Å². The molecule has 33 heavy (non-hydrogen) atoms. The summed E-state index contributed by atoms with van der Waals surface area (Å²) >= 11 is 0. The molecule has 1 N–H and O–H groups in total. The molecular weight excluding hydrogens is 443 g/mol. The predicted octanol–water partition coefficient (Wildman–Crippen LogP) is 7.86. The average molecular weight is 486 g/mol. The first-order chi connectivity index (χ1) is 15.0. The molecule has 1 saturated heterocycles. The van der Waals surface area contributed by atoms with E-state index in [1.54, 1.807) is 12.1 Å². The van der Waals surface area contributed by atoms with E-state index >= 15 is 0 Å². The van der Waals surface area contributed by atoms with E-state index in [-0.39, 0.29) is 23.8 Å². The molecular formula is C26H42F3NO2Si. The van der Waals surface area contributed by atoms with Crippen LogP contribution in [0.15, 0.2) is 24.3 Å². The van der Waals surface area contributed by atoms with Crippen molar-refractivity contribution < 1.29 is 23.1 Å². The molecule has 1 fully saturated rings. The minimum absolute atomic E-state index is 0.0445. The van der Waals surface area contributed by atoms with Crippen LogP contribution in [-0.2, 0) is 11.0 Å². The smallest absolute Gasteiger partial charge is 0.416 e. The number of carboxylic acids is 1. The van der Waals surface area contributed by atoms with Crippen LogP contribution in [0, 0.1) is 11.3 Å². The van der Waals surface area contributed by atoms with Gasteiger partial charge in [0.05, 0.1) is 5.56 Å². The number of halogens is 3. The summed E-state index contributed by atoms with van der Waals surface area (Å²) < 4.78 is 39.4. The van der Waals surface area contributed by atoms with Crippen LogP contribution in [-0.4, -0.2) is 36.6 Å². The number of piperidine rings is 1. The van der Waals surface area contributed by atoms with Gasteiger partial charge in [0.1, 0.15) is 0 Å². The van der Waals surface area contributed by atoms with Gasteiger partial charge in [-0.05, 0) is 67.7 Å². The van der Waals surface area contributed by atoms with Gasteiger partial charge in [-0.3, -0.25) is 9.69 Å². The van der Waals surface area contributed by atoms with Crippen LogP contribution in [0.4, 0.5) is 13.2 Å². The second-order valence-electron chi connectivity index (χ2n) is 12.2. The van der Waals surface area contributed by atoms with Crippen LogP contribution in [0.3, 0.4) is 0 Å². The zero-order chi connectivity index (χ0) is 25.0. The van der Waals surface area contributed by atoms with Gasteiger partial charge in [0.25, 0.3) is 0 Å². The summed E-state index contributed by atoms with van der Waals surface area (Å²) in [6.07, 6.45) is 0.480. The summed E-state index contributed by atoms with van der Waals surface area (Å²) in [7, 11) is -1.25. The molecule has 1 aliphatic rings. The molecule has 0 saturated carbocycles. The van der Waals surface area contributed by atoms with Crippen LogP contribution in [0.2, 0.25) is 25.7 Å². The number of carbonyl (C=O) groups is 1. The lowest BCUT2D eigenvalue weighted by molar-refractivity contribution is -0.139. The zero-order valence-electron chi connectivity index (χ0n) is 21.1. The van der Waals surface area contributed by atoms with Crippen LogP contribution < -0.4 is 0 Å². The number of rotatable bonds is 9. The Balaban J connectivity index is 2.35. The minimum atomic E-state index is -4.36. The Morgan fingerprint density at radius 3 is 2.21 bits per heavy atom. The van der Waals surface area contributed by atoms with E-state index in [0.717, 1.165) is 37.8 Å². The lowest BCUT2D eigenvalue weighted by Crippen LogP contribution is -2.45. The first-order valence-corrected chi connectivity index (χ1v) is 15.9. The molecule has 0 radical (unpaired) electrons. The number of nitrogens with zero attached hydrogens (tertiary/aromatic N) is 1. The van der Waals surface area contributed by atoms with E-state index in [2.05, 4.69) is 45.3 Å². The van der Waals surface area contributed by atoms with Crippen molar-refractivity contribution in [3.05, 3.63) is 35.4 Å². The highest BCUT2D eigenvalue weighted by molar-refractivity contribution is 6.76. The van der Waals surface area contributed by atoms with Crippen LogP contribution >= 0.6 is 0 Å². The third-order valence-electron chi connectivity index (χ3n) is 6.76. The Bertz CT molecular complexity index is 748. The SMILES string of the molecule is CC(C)(C)CC[C@H](CC[Si](C)(C)C)N1CC[C@@H](CC(=O)O)C[C@H]1c1ccc(C(F)(F)F)cc1. The minimum Gasteiger partial charge on any atom is -0.481 e. The van der Waals surface area contributed by atoms with E-state index in [1.165, 1.54) is 18.2 Å². The predicted molar refractivity (Wildman–Crippen MR) is 131 cm³/mol. The fourth-order valence-corrected chi connectivity index (χ4v) is 6.02. The Kier molecular flexibility index (Phi) is 9.24. The van der Waals surface area contributed by atoms with Gasteiger partial charge in [-0.2, -0.15) is 13.2 Å². The van der Waals surface area contributed by atoms with Crippen LogP contribution in [0.1, 0.15) is 76.5 Å². The molecule has 7 heteroatoms. The van der Waals surface area contributed by atoms with Crippen molar-refractivity contribution in [2.75, 3.05) is 6.54 Å². The average Bonchev–Trinajstić information content (AvgIpc) is 2.66. The molecule has 3 nitrogen and oxygen atoms in total. The van der Waals surface area contributed by atoms with Crippen molar-refractivity contribution in [3.63, 3.8) is 0 Å². The molecule has 0 aliphatic carbocycles. The molecule has 1 aromatic rings. The van der Waals surface area contributed by atoms with E-state index in [9.17, 15) is 23.1 Å². The first-order valence-electron chi connectivity index (χ1n) is 12.2. The van der Waals surface area contributed by atoms with E-state index in [0.29, 0.717) is 12.5 Å². The summed E-state index contributed by atoms with van der Waals surface area (Å²) in [5, 5.41) is 9.34. The summed E-state index contributed by atoms with van der Waals surface area (Å²) in [5.41, 5.74) is 0.439. The van der Waals surface area contributed by atoms with E-state index in [4.69, 9.17) is 0 Å². The van der Waals surface area contributed by atoms with Crippen molar-refractivity contribution in [1.82, 2.24) is 4.90 Å². The normalized spacial score (nSPS) is 21.7. The number of likely N-dealkylation sites (tertiary alicyclic amines) is 1. The summed E-state index contributed by atoms with van der Waals surface area (Å²) in [4.78, 5) is 13.9. The number of hydrogen-bond acceptors (Lipinski definition) is 2. The third-order valence-corrected chi connectivity index (χ3v) is 8.55. The van der Waals surface area contributed by atoms with E-state index < -0.39 is 25.8 Å². The van der Waals surface area contributed by atoms with Crippen molar-refractivity contribution >= 4 is 14.0 Å². The van der Waals surface area contributed by atoms with Gasteiger partial charge in [-0.15, -0.1) is 0 Å². The summed E-state index contributed by atoms with van der Waals surface area (Å²) in [5.74, 6) is -0.756. The standard InChI is InChI=1S/C26H42F3NO2Si/c1-25(2,3)14-11-22(13-16-33(4,5)6)30-15-12-19(18-24(31)32)17-23(30)20-7-9-21(10-8-20)26(27,28)29/h7-10,19,22-23H,11-18H2,1-6H3,(H,31,32)/t19-,22-,23+/m1/s1. The Morgan fingerprint density at radius 2 is 1.73 bits per heavy atom. The van der Waals surface area contributed by atoms with Crippen molar-refractivity contribution in [2.24, 2.45) is 11.3 Å². The number of alkyl halides is 3. The highest BCUT2D eigenvalue weighted by Gasteiger charge is 2.36. The summed E-state index contributed by atoms with van der Waals surface area (Å²) in [6.45, 7) is 14.7. The van der Waals surface area contributed by atoms with Gasteiger partial charge in [0, 0.05) is 26.6 Å². The number of hydrogen-bond donors (Lipinski definition) is 1. The fourth-order valence-electron chi connectivity index (χ4n) is 4.82. The molecule has 0 aromatic heterocycles. The molecule has 1 aliphatic heterocycles. The number of aliphatic carboxylic acids is 1. The van der Waals surface area contributed by atoms with Crippen molar-refractivity contribution in [2.45, 2.75) is 103 Å². The maximum Gasteiger partial charge on any atom is 0.416 e. The van der Waals surface area contributed by atoms with Crippen molar-refractivity contribution in [1.29, 1.82) is 0 Å². The topological polar surface area (TPSA) is 40.5 Å². The van der Waals surface area contributed by atoms with Crippen LogP contribution in [0.5, 0.6) is 0 Å². The highest BCUT2D eigenvalue weighted by Crippen LogP contribution is 2.41. The molecule has 3 atom stereocenters. The Hall–Kier alpha value is -1.34. The molecule has 1 aromatic carbocycles. The Labute approximate surface area is 198 Å². The summed E-state index contributed by atoms with van der Waals surface area (Å²) in [6, 6.07) is 7.05. The fraction of sp³-hybridized carbons (Fsp3) is 0.731. The molecule has 2 rings (SSSR count). The molecule has 0 amide bonds. The maximum atomic E-state index is 13.1. The number of benzene rings is 1. The monoisotopic (exact) mass is 485 g/mol. The largest absolute Gasteiger partial charge is 0.481 e. The van der Waals surface area contributed by atoms with E-state index in [1.807, 2.05) is 0 Å². The molecule has 188 valence electrons. The van der Waals surface area contributed by atoms with Gasteiger partial charge in [-0.25, -0.2) is 0 Å². The van der Waals surface area contributed by atoms with Gasteiger partial charge < -0.3 is 5.11 Å². The van der Waals surface area contributed by atoms with Crippen LogP contribution in [0.25, 0.3) is 0 Å². The molecule has 1 heterocycles. The number of carboxylic acid groups (broad SMARTS) is 1. The lowest BCUT2D eigenvalue weighted by atomic mass is 9.82. The second-order valence-corrected chi connectivity index (χ2v) is 17.8. The second kappa shape index (κ2) is 10.9. The van der Waals surface area contributed by atoms with Gasteiger partial charge in [0.15, 0.2) is 0 Å². The molecule has 0 spiro atoms. The third kappa shape index (κ3) is 9.43. The molecule has 0 unspecified atom stereocenters. The lowest BCUT2D eigenvalue weighted by Gasteiger charge is -2.45. The van der Waals surface area contributed by atoms with Crippen molar-refractivity contribution in [3.8, 4) is 0 Å². The Morgan fingerprint density at radius 1 is 1.12 bits per heavy atom. The zero-order valence-corrected chi connectivity index (χ0v) is 22.1. The first kappa shape index (κ1) is 27.9. The highest BCUT2D eigenvalue weighted by atomic mass is 28.3. The molecule has 0 bridgehead atoms. The van der Waals surface area contributed by atoms with Gasteiger partial charge in [0.2, 0.25) is 0 Å². The quantitative estimate of drug-likeness (QED) is 0.362.